The third-order valence-corrected chi connectivity index (χ3v) is 5.32. The van der Waals surface area contributed by atoms with Crippen LogP contribution in [0.1, 0.15) is 23.6 Å². The van der Waals surface area contributed by atoms with Crippen molar-refractivity contribution in [3.8, 4) is 11.3 Å². The van der Waals surface area contributed by atoms with E-state index in [1.807, 2.05) is 0 Å². The number of hydrogen-bond acceptors (Lipinski definition) is 3. The molecule has 5 N–H and O–H groups in total. The van der Waals surface area contributed by atoms with Crippen molar-refractivity contribution in [2.45, 2.75) is 19.3 Å². The van der Waals surface area contributed by atoms with Crippen molar-refractivity contribution in [1.29, 1.82) is 5.41 Å². The lowest BCUT2D eigenvalue weighted by molar-refractivity contribution is -0.143. The van der Waals surface area contributed by atoms with Crippen LogP contribution in [0.25, 0.3) is 22.0 Å². The van der Waals surface area contributed by atoms with Crippen LogP contribution in [0.5, 0.6) is 0 Å². The average Bonchev–Trinajstić information content (AvgIpc) is 3.10. The molecule has 0 aliphatic heterocycles. The summed E-state index contributed by atoms with van der Waals surface area (Å²) in [6.07, 6.45) is -9.90. The van der Waals surface area contributed by atoms with Crippen LogP contribution < -0.4 is 11.1 Å². The van der Waals surface area contributed by atoms with Crippen LogP contribution >= 0.6 is 0 Å². The van der Waals surface area contributed by atoms with Gasteiger partial charge >= 0.3 is 12.4 Å². The summed E-state index contributed by atoms with van der Waals surface area (Å²) >= 11 is 0. The maximum Gasteiger partial charge on any atom is 0.416 e. The topological polar surface area (TPSA) is 77.7 Å². The van der Waals surface area contributed by atoms with Gasteiger partial charge in [-0.2, -0.15) is 26.3 Å². The summed E-state index contributed by atoms with van der Waals surface area (Å²) in [5, 5.41) is 11.7. The molecule has 10 heteroatoms. The average molecular weight is 476 g/mol. The minimum atomic E-state index is -4.95. The minimum Gasteiger partial charge on any atom is -0.398 e. The van der Waals surface area contributed by atoms with Gasteiger partial charge in [0.25, 0.3) is 0 Å². The highest BCUT2D eigenvalue weighted by Gasteiger charge is 2.37. The van der Waals surface area contributed by atoms with E-state index in [2.05, 4.69) is 10.3 Å². The molecule has 4 nitrogen and oxygen atoms in total. The summed E-state index contributed by atoms with van der Waals surface area (Å²) in [5.74, 6) is 0.226. The quantitative estimate of drug-likeness (QED) is 0.139. The first-order chi connectivity index (χ1) is 15.8. The van der Waals surface area contributed by atoms with Gasteiger partial charge in [-0.3, -0.25) is 0 Å². The standard InChI is InChI=1S/C24H18F6N4/c1-12(31)17-7-6-13(8-20(17)32)21-18-4-2-3-5-19(18)22(34-21)33-16-10-14(23(25,26)27)9-15(11-16)24(28,29)30/h2-11,31,33-34H,32H2,1H3. The minimum absolute atomic E-state index is 0.0824. The monoisotopic (exact) mass is 476 g/mol. The van der Waals surface area contributed by atoms with E-state index in [0.29, 0.717) is 45.4 Å². The van der Waals surface area contributed by atoms with Gasteiger partial charge in [-0.05, 0) is 31.2 Å². The SMILES string of the molecule is CC(=N)c1ccc(-c2[nH]c(Nc3cc(C(F)(F)F)cc(C(F)(F)F)c3)c3ccccc23)cc1N. The number of nitrogens with one attached hydrogen (secondary N) is 3. The molecule has 34 heavy (non-hydrogen) atoms. The van der Waals surface area contributed by atoms with E-state index in [0.717, 1.165) is 0 Å². The van der Waals surface area contributed by atoms with Crippen LogP contribution in [-0.2, 0) is 12.4 Å². The summed E-state index contributed by atoms with van der Waals surface area (Å²) in [5.41, 5.74) is 5.30. The number of halogens is 6. The lowest BCUT2D eigenvalue weighted by Crippen LogP contribution is -2.11. The molecule has 0 radical (unpaired) electrons. The van der Waals surface area contributed by atoms with Crippen molar-refractivity contribution < 1.29 is 26.3 Å². The molecule has 1 aromatic heterocycles. The van der Waals surface area contributed by atoms with Crippen LogP contribution in [0.2, 0.25) is 0 Å². The van der Waals surface area contributed by atoms with Gasteiger partial charge in [0.1, 0.15) is 5.82 Å². The third kappa shape index (κ3) is 4.43. The van der Waals surface area contributed by atoms with Crippen LogP contribution in [0, 0.1) is 5.41 Å². The number of benzene rings is 3. The number of hydrogen-bond donors (Lipinski definition) is 4. The van der Waals surface area contributed by atoms with Gasteiger partial charge in [-0.25, -0.2) is 0 Å². The molecule has 0 bridgehead atoms. The zero-order chi connectivity index (χ0) is 24.8. The first-order valence-electron chi connectivity index (χ1n) is 9.97. The van der Waals surface area contributed by atoms with Crippen molar-refractivity contribution >= 4 is 33.7 Å². The molecule has 0 unspecified atom stereocenters. The normalized spacial score (nSPS) is 12.2. The Balaban J connectivity index is 1.84. The van der Waals surface area contributed by atoms with Crippen LogP contribution in [0.4, 0.5) is 43.5 Å². The van der Waals surface area contributed by atoms with Crippen LogP contribution in [0.3, 0.4) is 0 Å². The van der Waals surface area contributed by atoms with Gasteiger partial charge in [0, 0.05) is 39.0 Å². The van der Waals surface area contributed by atoms with E-state index in [1.54, 1.807) is 49.4 Å². The molecular weight excluding hydrogens is 458 g/mol. The summed E-state index contributed by atoms with van der Waals surface area (Å²) < 4.78 is 79.5. The summed E-state index contributed by atoms with van der Waals surface area (Å²) in [7, 11) is 0. The smallest absolute Gasteiger partial charge is 0.398 e. The predicted molar refractivity (Wildman–Crippen MR) is 120 cm³/mol. The number of rotatable bonds is 4. The van der Waals surface area contributed by atoms with E-state index in [1.165, 1.54) is 0 Å². The lowest BCUT2D eigenvalue weighted by Gasteiger charge is -2.15. The van der Waals surface area contributed by atoms with Gasteiger partial charge in [0.05, 0.1) is 16.8 Å². The molecule has 0 amide bonds. The van der Waals surface area contributed by atoms with Crippen molar-refractivity contribution in [3.63, 3.8) is 0 Å². The highest BCUT2D eigenvalue weighted by atomic mass is 19.4. The number of H-pyrrole nitrogens is 1. The van der Waals surface area contributed by atoms with E-state index in [9.17, 15) is 26.3 Å². The molecule has 0 aliphatic carbocycles. The molecule has 0 spiro atoms. The van der Waals surface area contributed by atoms with E-state index >= 15 is 0 Å². The Morgan fingerprint density at radius 2 is 1.44 bits per heavy atom. The van der Waals surface area contributed by atoms with Gasteiger partial charge in [-0.15, -0.1) is 0 Å². The van der Waals surface area contributed by atoms with Gasteiger partial charge in [-0.1, -0.05) is 36.4 Å². The highest BCUT2D eigenvalue weighted by molar-refractivity contribution is 6.06. The van der Waals surface area contributed by atoms with Crippen LogP contribution in [-0.4, -0.2) is 10.7 Å². The number of anilines is 3. The summed E-state index contributed by atoms with van der Waals surface area (Å²) in [6.45, 7) is 1.60. The van der Waals surface area contributed by atoms with Crippen molar-refractivity contribution in [2.24, 2.45) is 0 Å². The Bertz CT molecular complexity index is 1370. The Hall–Kier alpha value is -3.95. The summed E-state index contributed by atoms with van der Waals surface area (Å²) in [4.78, 5) is 3.06. The second kappa shape index (κ2) is 8.12. The first-order valence-corrected chi connectivity index (χ1v) is 9.97. The maximum absolute atomic E-state index is 13.3. The Kier molecular flexibility index (Phi) is 5.55. The second-order valence-corrected chi connectivity index (χ2v) is 7.77. The largest absolute Gasteiger partial charge is 0.416 e. The Morgan fingerprint density at radius 3 is 1.97 bits per heavy atom. The zero-order valence-corrected chi connectivity index (χ0v) is 17.6. The fourth-order valence-corrected chi connectivity index (χ4v) is 3.74. The molecule has 0 atom stereocenters. The van der Waals surface area contributed by atoms with Crippen molar-refractivity contribution in [3.05, 3.63) is 77.4 Å². The molecule has 0 fully saturated rings. The molecule has 3 aromatic carbocycles. The molecule has 0 saturated carbocycles. The van der Waals surface area contributed by atoms with Crippen LogP contribution in [0.15, 0.2) is 60.7 Å². The van der Waals surface area contributed by atoms with E-state index < -0.39 is 23.5 Å². The Labute approximate surface area is 189 Å². The molecule has 1 heterocycles. The van der Waals surface area contributed by atoms with Gasteiger partial charge in [0.2, 0.25) is 0 Å². The van der Waals surface area contributed by atoms with E-state index in [4.69, 9.17) is 11.1 Å². The number of nitrogen functional groups attached to an aromatic ring is 1. The number of fused-ring (bicyclic) bond motifs is 1. The summed E-state index contributed by atoms with van der Waals surface area (Å²) in [6, 6.07) is 13.3. The zero-order valence-electron chi connectivity index (χ0n) is 17.6. The molecule has 4 aromatic rings. The number of aromatic amines is 1. The number of aromatic nitrogens is 1. The second-order valence-electron chi connectivity index (χ2n) is 7.77. The molecular formula is C24H18F6N4. The molecule has 176 valence electrons. The van der Waals surface area contributed by atoms with Crippen molar-refractivity contribution in [2.75, 3.05) is 11.1 Å². The predicted octanol–water partition coefficient (Wildman–Crippen LogP) is 7.59. The molecule has 0 aliphatic rings. The maximum atomic E-state index is 13.3. The number of nitrogens with two attached hydrogens (primary N) is 1. The van der Waals surface area contributed by atoms with Crippen molar-refractivity contribution in [1.82, 2.24) is 4.98 Å². The van der Waals surface area contributed by atoms with Gasteiger partial charge in [0.15, 0.2) is 0 Å². The number of alkyl halides is 6. The lowest BCUT2D eigenvalue weighted by atomic mass is 10.0. The Morgan fingerprint density at radius 1 is 0.853 bits per heavy atom. The third-order valence-electron chi connectivity index (χ3n) is 5.32. The molecule has 0 saturated heterocycles. The first kappa shape index (κ1) is 23.2. The fourth-order valence-electron chi connectivity index (χ4n) is 3.74. The van der Waals surface area contributed by atoms with Gasteiger partial charge < -0.3 is 21.4 Å². The fraction of sp³-hybridized carbons (Fsp3) is 0.125. The van der Waals surface area contributed by atoms with E-state index in [-0.39, 0.29) is 23.3 Å². The molecule has 4 rings (SSSR count). The highest BCUT2D eigenvalue weighted by Crippen LogP contribution is 2.40.